The van der Waals surface area contributed by atoms with Gasteiger partial charge in [-0.3, -0.25) is 9.78 Å². The first-order valence-electron chi connectivity index (χ1n) is 21.9. The standard InChI is InChI=1S/C50H56ClN5O5/c1-33(32-61-45-16-22-52-44-12-3-7-34(2)47(44)45)25-39-28-37-13-14-42(60-24-6-21-53-46(57)27-35-8-4-9-36(26-35)38-15-23-54-55-31-38)30-43(37)49(39)17-19-50(20-18-49,48(58)59)56-41-11-5-10-40(51)29-41/h4-5,8-11,13-16,22-23,26,29-31,33-34,39,56H,3,6-7,12,17-21,24-25,27-28,32H2,1-2H3,(H,53,57)(H,58,59)/t33-,34-,39?,49?,50?/m1/s1. The van der Waals surface area contributed by atoms with Crippen LogP contribution in [0.1, 0.15) is 99.1 Å². The smallest absolute Gasteiger partial charge is 0.329 e. The van der Waals surface area contributed by atoms with E-state index in [-0.39, 0.29) is 23.7 Å². The van der Waals surface area contributed by atoms with Crippen LogP contribution in [0.5, 0.6) is 11.5 Å². The summed E-state index contributed by atoms with van der Waals surface area (Å²) in [5.41, 5.74) is 7.32. The molecule has 11 heteroatoms. The van der Waals surface area contributed by atoms with Crippen LogP contribution in [0, 0.1) is 11.8 Å². The Labute approximate surface area is 363 Å². The number of nitrogens with one attached hydrogen (secondary N) is 2. The molecule has 10 nitrogen and oxygen atoms in total. The van der Waals surface area contributed by atoms with Gasteiger partial charge in [-0.15, -0.1) is 0 Å². The fraction of sp³-hybridized carbons (Fsp3) is 0.420. The Morgan fingerprint density at radius 1 is 0.951 bits per heavy atom. The maximum atomic E-state index is 13.1. The van der Waals surface area contributed by atoms with Crippen molar-refractivity contribution in [3.63, 3.8) is 0 Å². The molecular formula is C50H56ClN5O5. The van der Waals surface area contributed by atoms with Gasteiger partial charge < -0.3 is 25.2 Å². The summed E-state index contributed by atoms with van der Waals surface area (Å²) < 4.78 is 13.0. The Morgan fingerprint density at radius 3 is 2.61 bits per heavy atom. The van der Waals surface area contributed by atoms with E-state index in [4.69, 9.17) is 21.1 Å². The number of hydrogen-bond donors (Lipinski definition) is 3. The van der Waals surface area contributed by atoms with E-state index in [1.54, 1.807) is 24.5 Å². The molecule has 3 aliphatic rings. The van der Waals surface area contributed by atoms with Gasteiger partial charge in [-0.1, -0.05) is 61.8 Å². The van der Waals surface area contributed by atoms with Crippen molar-refractivity contribution in [2.75, 3.05) is 25.1 Å². The second kappa shape index (κ2) is 18.6. The number of nitrogens with zero attached hydrogens (tertiary/aromatic N) is 3. The van der Waals surface area contributed by atoms with Gasteiger partial charge >= 0.3 is 5.97 Å². The minimum Gasteiger partial charge on any atom is -0.494 e. The number of aliphatic carboxylic acids is 1. The summed E-state index contributed by atoms with van der Waals surface area (Å²) in [7, 11) is 0. The van der Waals surface area contributed by atoms with Crippen LogP contribution in [0.2, 0.25) is 5.02 Å². The van der Waals surface area contributed by atoms with Crippen LogP contribution < -0.4 is 20.1 Å². The number of hydrogen-bond acceptors (Lipinski definition) is 8. The molecule has 61 heavy (non-hydrogen) atoms. The molecule has 0 bridgehead atoms. The van der Waals surface area contributed by atoms with Crippen LogP contribution in [-0.2, 0) is 34.3 Å². The highest BCUT2D eigenvalue weighted by Gasteiger charge is 2.54. The Morgan fingerprint density at radius 2 is 1.80 bits per heavy atom. The predicted octanol–water partition coefficient (Wildman–Crippen LogP) is 9.78. The van der Waals surface area contributed by atoms with E-state index < -0.39 is 11.5 Å². The average molecular weight is 842 g/mol. The molecule has 2 aromatic heterocycles. The number of benzene rings is 3. The summed E-state index contributed by atoms with van der Waals surface area (Å²) in [6.07, 6.45) is 13.8. The molecule has 2 heterocycles. The summed E-state index contributed by atoms with van der Waals surface area (Å²) in [5, 5.41) is 25.6. The largest absolute Gasteiger partial charge is 0.494 e. The lowest BCUT2D eigenvalue weighted by molar-refractivity contribution is -0.144. The number of carbonyl (C=O) groups excluding carboxylic acids is 1. The molecule has 8 rings (SSSR count). The Balaban J connectivity index is 0.929. The Kier molecular flexibility index (Phi) is 12.9. The first-order chi connectivity index (χ1) is 29.6. The van der Waals surface area contributed by atoms with E-state index in [0.29, 0.717) is 61.6 Å². The van der Waals surface area contributed by atoms with Gasteiger partial charge in [-0.25, -0.2) is 4.79 Å². The molecule has 1 fully saturated rings. The molecule has 0 aliphatic heterocycles. The van der Waals surface area contributed by atoms with Crippen LogP contribution in [-0.4, -0.2) is 57.5 Å². The third kappa shape index (κ3) is 9.55. The van der Waals surface area contributed by atoms with E-state index in [0.717, 1.165) is 73.1 Å². The van der Waals surface area contributed by atoms with Gasteiger partial charge in [0.05, 0.1) is 32.0 Å². The molecule has 3 atom stereocenters. The van der Waals surface area contributed by atoms with E-state index in [1.165, 1.54) is 22.4 Å². The number of aryl methyl sites for hydroxylation is 1. The predicted molar refractivity (Wildman–Crippen MR) is 238 cm³/mol. The maximum absolute atomic E-state index is 13.1. The van der Waals surface area contributed by atoms with Crippen LogP contribution in [0.15, 0.2) is 97.5 Å². The normalized spacial score (nSPS) is 22.1. The quantitative estimate of drug-likeness (QED) is 0.0830. The van der Waals surface area contributed by atoms with Gasteiger partial charge in [-0.2, -0.15) is 10.2 Å². The molecule has 1 spiro atoms. The summed E-state index contributed by atoms with van der Waals surface area (Å²) in [5.74, 6) is 1.93. The second-order valence-electron chi connectivity index (χ2n) is 17.6. The number of carboxylic acid groups (broad SMARTS) is 1. The number of rotatable bonds is 16. The zero-order valence-corrected chi connectivity index (χ0v) is 35.9. The zero-order chi connectivity index (χ0) is 42.4. The van der Waals surface area contributed by atoms with Gasteiger partial charge in [0.15, 0.2) is 0 Å². The highest BCUT2D eigenvalue weighted by molar-refractivity contribution is 6.30. The SMILES string of the molecule is C[C@@H](COc1ccnc2c1[C@H](C)CCC2)CC1Cc2ccc(OCCCNC(=O)Cc3cccc(-c4ccnnc4)c3)cc2C12CCC(Nc1cccc(Cl)c1)(C(=O)O)CC2. The number of anilines is 1. The first kappa shape index (κ1) is 42.2. The number of halogens is 1. The minimum atomic E-state index is -1.10. The van der Waals surface area contributed by atoms with Crippen molar-refractivity contribution in [1.82, 2.24) is 20.5 Å². The monoisotopic (exact) mass is 841 g/mol. The maximum Gasteiger partial charge on any atom is 0.329 e. The second-order valence-corrected chi connectivity index (χ2v) is 18.0. The lowest BCUT2D eigenvalue weighted by Gasteiger charge is -2.47. The minimum absolute atomic E-state index is 0.0376. The highest BCUT2D eigenvalue weighted by atomic mass is 35.5. The number of carbonyl (C=O) groups is 2. The number of fused-ring (bicyclic) bond motifs is 3. The number of carboxylic acids is 1. The first-order valence-corrected chi connectivity index (χ1v) is 22.3. The molecule has 5 aromatic rings. The number of pyridine rings is 1. The van der Waals surface area contributed by atoms with Crippen molar-refractivity contribution in [2.45, 2.75) is 101 Å². The molecule has 0 radical (unpaired) electrons. The molecule has 3 aliphatic carbocycles. The summed E-state index contributed by atoms with van der Waals surface area (Å²) in [6, 6.07) is 25.6. The van der Waals surface area contributed by atoms with E-state index in [9.17, 15) is 14.7 Å². The average Bonchev–Trinajstić information content (AvgIpc) is 3.54. The number of amides is 1. The van der Waals surface area contributed by atoms with Crippen molar-refractivity contribution in [3.8, 4) is 22.6 Å². The van der Waals surface area contributed by atoms with Crippen LogP contribution in [0.25, 0.3) is 11.1 Å². The van der Waals surface area contributed by atoms with Gasteiger partial charge in [0.2, 0.25) is 5.91 Å². The number of aromatic nitrogens is 3. The van der Waals surface area contributed by atoms with Crippen LogP contribution in [0.4, 0.5) is 5.69 Å². The van der Waals surface area contributed by atoms with Crippen molar-refractivity contribution < 1.29 is 24.2 Å². The van der Waals surface area contributed by atoms with Gasteiger partial charge in [0.25, 0.3) is 0 Å². The van der Waals surface area contributed by atoms with Crippen molar-refractivity contribution in [3.05, 3.63) is 130 Å². The Hall–Kier alpha value is -5.48. The van der Waals surface area contributed by atoms with Crippen molar-refractivity contribution in [2.24, 2.45) is 11.8 Å². The van der Waals surface area contributed by atoms with E-state index in [2.05, 4.69) is 57.9 Å². The van der Waals surface area contributed by atoms with E-state index in [1.807, 2.05) is 54.7 Å². The number of ether oxygens (including phenoxy) is 2. The lowest BCUT2D eigenvalue weighted by atomic mass is 9.59. The molecule has 1 amide bonds. The lowest BCUT2D eigenvalue weighted by Crippen LogP contribution is -2.53. The third-order valence-corrected chi connectivity index (χ3v) is 13.6. The highest BCUT2D eigenvalue weighted by Crippen LogP contribution is 2.57. The fourth-order valence-corrected chi connectivity index (χ4v) is 10.4. The van der Waals surface area contributed by atoms with Gasteiger partial charge in [0, 0.05) is 40.3 Å². The van der Waals surface area contributed by atoms with Gasteiger partial charge in [0.1, 0.15) is 17.0 Å². The summed E-state index contributed by atoms with van der Waals surface area (Å²) >= 11 is 6.32. The molecule has 318 valence electrons. The Bertz CT molecular complexity index is 2330. The molecule has 3 N–H and O–H groups in total. The van der Waals surface area contributed by atoms with Crippen LogP contribution >= 0.6 is 11.6 Å². The van der Waals surface area contributed by atoms with Crippen molar-refractivity contribution >= 4 is 29.2 Å². The third-order valence-electron chi connectivity index (χ3n) is 13.4. The fourth-order valence-electron chi connectivity index (χ4n) is 10.2. The van der Waals surface area contributed by atoms with Crippen LogP contribution in [0.3, 0.4) is 0 Å². The van der Waals surface area contributed by atoms with Gasteiger partial charge in [-0.05, 0) is 152 Å². The summed E-state index contributed by atoms with van der Waals surface area (Å²) in [4.78, 5) is 30.6. The summed E-state index contributed by atoms with van der Waals surface area (Å²) in [6.45, 7) is 6.13. The molecule has 3 aromatic carbocycles. The van der Waals surface area contributed by atoms with E-state index >= 15 is 0 Å². The topological polar surface area (TPSA) is 136 Å². The van der Waals surface area contributed by atoms with Crippen molar-refractivity contribution in [1.29, 1.82) is 0 Å². The molecule has 1 saturated carbocycles. The molecule has 1 unspecified atom stereocenters. The molecule has 0 saturated heterocycles. The molecular weight excluding hydrogens is 786 g/mol. The zero-order valence-electron chi connectivity index (χ0n) is 35.2.